The van der Waals surface area contributed by atoms with E-state index in [1.165, 1.54) is 13.4 Å². The van der Waals surface area contributed by atoms with Crippen molar-refractivity contribution in [2.45, 2.75) is 18.9 Å². The minimum absolute atomic E-state index is 0.194. The summed E-state index contributed by atoms with van der Waals surface area (Å²) in [6.07, 6.45) is 1.82. The smallest absolute Gasteiger partial charge is 0.305 e. The maximum Gasteiger partial charge on any atom is 0.305 e. The summed E-state index contributed by atoms with van der Waals surface area (Å²) in [7, 11) is 3.07. The van der Waals surface area contributed by atoms with E-state index in [9.17, 15) is 14.7 Å². The van der Waals surface area contributed by atoms with E-state index in [1.807, 2.05) is 6.07 Å². The normalized spacial score (nSPS) is 16.2. The minimum Gasteiger partial charge on any atom is -0.493 e. The standard InChI is InChI=1S/C18H19NO6/c1-23-15-8-11-5-6-19(18(22)14-4-3-7-25-14)13(10-17(20)21)12(11)9-16(15)24-2/h3-4,7-9,13H,5-6,10H2,1-2H3,(H,20,21). The molecule has 0 bridgehead atoms. The fourth-order valence-electron chi connectivity index (χ4n) is 3.20. The number of carbonyl (C=O) groups is 2. The highest BCUT2D eigenvalue weighted by Gasteiger charge is 2.34. The van der Waals surface area contributed by atoms with Crippen LogP contribution in [0.1, 0.15) is 34.1 Å². The number of methoxy groups -OCH3 is 2. The molecular weight excluding hydrogens is 326 g/mol. The highest BCUT2D eigenvalue weighted by atomic mass is 16.5. The van der Waals surface area contributed by atoms with Gasteiger partial charge in [0, 0.05) is 6.54 Å². The third-order valence-electron chi connectivity index (χ3n) is 4.36. The van der Waals surface area contributed by atoms with E-state index in [4.69, 9.17) is 13.9 Å². The molecule has 1 unspecified atom stereocenters. The summed E-state index contributed by atoms with van der Waals surface area (Å²) in [6.45, 7) is 0.403. The lowest BCUT2D eigenvalue weighted by atomic mass is 9.89. The number of furan rings is 1. The Balaban J connectivity index is 2.04. The van der Waals surface area contributed by atoms with Crippen LogP contribution in [0.3, 0.4) is 0 Å². The second-order valence-corrected chi connectivity index (χ2v) is 5.75. The quantitative estimate of drug-likeness (QED) is 0.896. The van der Waals surface area contributed by atoms with Crippen LogP contribution in [0.4, 0.5) is 0 Å². The lowest BCUT2D eigenvalue weighted by molar-refractivity contribution is -0.138. The van der Waals surface area contributed by atoms with Crippen molar-refractivity contribution >= 4 is 11.9 Å². The molecule has 3 rings (SSSR count). The van der Waals surface area contributed by atoms with Crippen molar-refractivity contribution < 1.29 is 28.6 Å². The van der Waals surface area contributed by atoms with Crippen LogP contribution in [0, 0.1) is 0 Å². The Labute approximate surface area is 144 Å². The molecule has 1 aliphatic heterocycles. The van der Waals surface area contributed by atoms with E-state index in [2.05, 4.69) is 0 Å². The number of nitrogens with zero attached hydrogens (tertiary/aromatic N) is 1. The van der Waals surface area contributed by atoms with Crippen molar-refractivity contribution in [1.82, 2.24) is 4.90 Å². The van der Waals surface area contributed by atoms with Crippen molar-refractivity contribution in [3.05, 3.63) is 47.4 Å². The first-order chi connectivity index (χ1) is 12.0. The molecule has 7 nitrogen and oxygen atoms in total. The van der Waals surface area contributed by atoms with Gasteiger partial charge in [0.15, 0.2) is 17.3 Å². The second kappa shape index (κ2) is 6.88. The largest absolute Gasteiger partial charge is 0.493 e. The summed E-state index contributed by atoms with van der Waals surface area (Å²) in [5.41, 5.74) is 1.71. The van der Waals surface area contributed by atoms with Gasteiger partial charge in [-0.05, 0) is 41.8 Å². The van der Waals surface area contributed by atoms with Gasteiger partial charge in [-0.15, -0.1) is 0 Å². The van der Waals surface area contributed by atoms with Crippen LogP contribution in [-0.4, -0.2) is 42.6 Å². The molecule has 0 radical (unpaired) electrons. The average molecular weight is 345 g/mol. The number of amides is 1. The Morgan fingerprint density at radius 2 is 2.00 bits per heavy atom. The molecule has 2 heterocycles. The molecule has 1 aromatic carbocycles. The summed E-state index contributed by atoms with van der Waals surface area (Å²) in [5, 5.41) is 9.33. The van der Waals surface area contributed by atoms with Gasteiger partial charge in [0.2, 0.25) is 0 Å². The average Bonchev–Trinajstić information content (AvgIpc) is 3.14. The number of benzene rings is 1. The second-order valence-electron chi connectivity index (χ2n) is 5.75. The highest BCUT2D eigenvalue weighted by molar-refractivity contribution is 5.92. The zero-order valence-electron chi connectivity index (χ0n) is 14.0. The van der Waals surface area contributed by atoms with Gasteiger partial charge in [-0.2, -0.15) is 0 Å². The van der Waals surface area contributed by atoms with Gasteiger partial charge in [-0.1, -0.05) is 0 Å². The molecule has 1 N–H and O–H groups in total. The predicted molar refractivity (Wildman–Crippen MR) is 88.0 cm³/mol. The SMILES string of the molecule is COc1cc2c(cc1OC)C(CC(=O)O)N(C(=O)c1ccco1)CC2. The zero-order chi connectivity index (χ0) is 18.0. The van der Waals surface area contributed by atoms with Gasteiger partial charge in [0.25, 0.3) is 5.91 Å². The van der Waals surface area contributed by atoms with Gasteiger partial charge in [0.1, 0.15) is 0 Å². The predicted octanol–water partition coefficient (Wildman–Crippen LogP) is 2.51. The number of carboxylic acid groups (broad SMARTS) is 1. The van der Waals surface area contributed by atoms with Crippen LogP contribution in [0.2, 0.25) is 0 Å². The topological polar surface area (TPSA) is 89.2 Å². The summed E-state index contributed by atoms with van der Waals surface area (Å²) in [6, 6.07) is 6.20. The summed E-state index contributed by atoms with van der Waals surface area (Å²) >= 11 is 0. The van der Waals surface area contributed by atoms with E-state index in [0.717, 1.165) is 11.1 Å². The van der Waals surface area contributed by atoms with Crippen LogP contribution < -0.4 is 9.47 Å². The molecule has 1 amide bonds. The van der Waals surface area contributed by atoms with Crippen molar-refractivity contribution in [2.24, 2.45) is 0 Å². The summed E-state index contributed by atoms with van der Waals surface area (Å²) in [5.74, 6) is -0.0223. The lowest BCUT2D eigenvalue weighted by Gasteiger charge is -2.36. The maximum atomic E-state index is 12.7. The lowest BCUT2D eigenvalue weighted by Crippen LogP contribution is -2.41. The van der Waals surface area contributed by atoms with Crippen LogP contribution >= 0.6 is 0 Å². The Bertz CT molecular complexity index is 783. The number of carboxylic acids is 1. The van der Waals surface area contributed by atoms with Crippen molar-refractivity contribution in [3.63, 3.8) is 0 Å². The fourth-order valence-corrected chi connectivity index (χ4v) is 3.20. The van der Waals surface area contributed by atoms with Gasteiger partial charge in [-0.25, -0.2) is 0 Å². The van der Waals surface area contributed by atoms with Crippen LogP contribution in [-0.2, 0) is 11.2 Å². The number of fused-ring (bicyclic) bond motifs is 1. The number of hydrogen-bond acceptors (Lipinski definition) is 5. The van der Waals surface area contributed by atoms with Gasteiger partial charge < -0.3 is 23.9 Å². The Kier molecular flexibility index (Phi) is 4.65. The number of ether oxygens (including phenoxy) is 2. The highest BCUT2D eigenvalue weighted by Crippen LogP contribution is 2.40. The van der Waals surface area contributed by atoms with Crippen molar-refractivity contribution in [1.29, 1.82) is 0 Å². The van der Waals surface area contributed by atoms with E-state index in [0.29, 0.717) is 24.5 Å². The molecule has 1 atom stereocenters. The van der Waals surface area contributed by atoms with Gasteiger partial charge >= 0.3 is 5.97 Å². The molecule has 0 fully saturated rings. The fraction of sp³-hybridized carbons (Fsp3) is 0.333. The molecule has 2 aromatic rings. The molecule has 0 aliphatic carbocycles. The van der Waals surface area contributed by atoms with Crippen LogP contribution in [0.15, 0.2) is 34.9 Å². The third kappa shape index (κ3) is 3.17. The molecule has 0 spiro atoms. The monoisotopic (exact) mass is 345 g/mol. The number of aliphatic carboxylic acids is 1. The first-order valence-corrected chi connectivity index (χ1v) is 7.86. The van der Waals surface area contributed by atoms with Gasteiger partial charge in [-0.3, -0.25) is 9.59 Å². The molecule has 0 saturated carbocycles. The first-order valence-electron chi connectivity index (χ1n) is 7.86. The van der Waals surface area contributed by atoms with Crippen molar-refractivity contribution in [2.75, 3.05) is 20.8 Å². The zero-order valence-corrected chi connectivity index (χ0v) is 14.0. The molecule has 0 saturated heterocycles. The van der Waals surface area contributed by atoms with Gasteiger partial charge in [0.05, 0.1) is 32.9 Å². The molecule has 1 aliphatic rings. The Hall–Kier alpha value is -2.96. The molecular formula is C18H19NO6. The third-order valence-corrected chi connectivity index (χ3v) is 4.36. The molecule has 1 aromatic heterocycles. The number of carbonyl (C=O) groups excluding carboxylic acids is 1. The van der Waals surface area contributed by atoms with E-state index in [1.54, 1.807) is 30.2 Å². The van der Waals surface area contributed by atoms with Crippen LogP contribution in [0.5, 0.6) is 11.5 Å². The first kappa shape index (κ1) is 16.9. The molecule has 132 valence electrons. The summed E-state index contributed by atoms with van der Waals surface area (Å²) in [4.78, 5) is 25.7. The minimum atomic E-state index is -0.982. The van der Waals surface area contributed by atoms with Crippen LogP contribution in [0.25, 0.3) is 0 Å². The molecule has 25 heavy (non-hydrogen) atoms. The summed E-state index contributed by atoms with van der Waals surface area (Å²) < 4.78 is 15.8. The Morgan fingerprint density at radius 1 is 1.28 bits per heavy atom. The van der Waals surface area contributed by atoms with Crippen molar-refractivity contribution in [3.8, 4) is 11.5 Å². The Morgan fingerprint density at radius 3 is 2.60 bits per heavy atom. The van der Waals surface area contributed by atoms with E-state index < -0.39 is 12.0 Å². The molecule has 7 heteroatoms. The van der Waals surface area contributed by atoms with E-state index >= 15 is 0 Å². The maximum absolute atomic E-state index is 12.7. The number of rotatable bonds is 5. The number of hydrogen-bond donors (Lipinski definition) is 1. The van der Waals surface area contributed by atoms with E-state index in [-0.39, 0.29) is 18.1 Å².